The normalized spacial score (nSPS) is 16.0. The van der Waals surface area contributed by atoms with Crippen molar-refractivity contribution < 1.29 is 9.53 Å². The third-order valence-corrected chi connectivity index (χ3v) is 3.67. The van der Waals surface area contributed by atoms with Crippen LogP contribution in [0.3, 0.4) is 0 Å². The Morgan fingerprint density at radius 3 is 2.76 bits per heavy atom. The van der Waals surface area contributed by atoms with E-state index in [1.54, 1.807) is 0 Å². The molecule has 1 saturated heterocycles. The molecule has 0 saturated carbocycles. The topological polar surface area (TPSA) is 44.8 Å². The van der Waals surface area contributed by atoms with E-state index in [2.05, 4.69) is 17.3 Å². The SMILES string of the molecule is Cc1cccc(OCCNCC(=O)N2CCN(C)CC2)c1. The predicted octanol–water partition coefficient (Wildman–Crippen LogP) is 0.737. The molecule has 1 heterocycles. The van der Waals surface area contributed by atoms with Gasteiger partial charge in [-0.15, -0.1) is 0 Å². The fourth-order valence-electron chi connectivity index (χ4n) is 2.31. The van der Waals surface area contributed by atoms with Gasteiger partial charge in [0.1, 0.15) is 12.4 Å². The van der Waals surface area contributed by atoms with Crippen molar-refractivity contribution in [1.29, 1.82) is 0 Å². The number of carbonyl (C=O) groups excluding carboxylic acids is 1. The van der Waals surface area contributed by atoms with Crippen LogP contribution < -0.4 is 10.1 Å². The Labute approximate surface area is 126 Å². The highest BCUT2D eigenvalue weighted by Crippen LogP contribution is 2.11. The molecule has 0 bridgehead atoms. The van der Waals surface area contributed by atoms with Crippen molar-refractivity contribution >= 4 is 5.91 Å². The Hall–Kier alpha value is -1.59. The zero-order valence-corrected chi connectivity index (χ0v) is 13.0. The lowest BCUT2D eigenvalue weighted by Gasteiger charge is -2.32. The maximum atomic E-state index is 12.0. The van der Waals surface area contributed by atoms with E-state index >= 15 is 0 Å². The first kappa shape index (κ1) is 15.8. The lowest BCUT2D eigenvalue weighted by molar-refractivity contribution is -0.131. The first-order chi connectivity index (χ1) is 10.1. The molecule has 0 atom stereocenters. The van der Waals surface area contributed by atoms with E-state index in [9.17, 15) is 4.79 Å². The second kappa shape index (κ2) is 8.00. The fraction of sp³-hybridized carbons (Fsp3) is 0.562. The summed E-state index contributed by atoms with van der Waals surface area (Å²) in [4.78, 5) is 16.2. The summed E-state index contributed by atoms with van der Waals surface area (Å²) in [5.41, 5.74) is 1.19. The predicted molar refractivity (Wildman–Crippen MR) is 83.6 cm³/mol. The molecular weight excluding hydrogens is 266 g/mol. The van der Waals surface area contributed by atoms with Crippen molar-refractivity contribution in [3.05, 3.63) is 29.8 Å². The minimum atomic E-state index is 0.179. The van der Waals surface area contributed by atoms with Crippen LogP contribution in [0.5, 0.6) is 5.75 Å². The van der Waals surface area contributed by atoms with Gasteiger partial charge in [0.05, 0.1) is 6.54 Å². The third kappa shape index (κ3) is 5.36. The number of likely N-dealkylation sites (N-methyl/N-ethyl adjacent to an activating group) is 1. The van der Waals surface area contributed by atoms with Gasteiger partial charge in [-0.05, 0) is 31.7 Å². The van der Waals surface area contributed by atoms with Crippen molar-refractivity contribution in [1.82, 2.24) is 15.1 Å². The maximum absolute atomic E-state index is 12.0. The number of carbonyl (C=O) groups is 1. The summed E-state index contributed by atoms with van der Waals surface area (Å²) < 4.78 is 5.63. The molecule has 21 heavy (non-hydrogen) atoms. The number of hydrogen-bond acceptors (Lipinski definition) is 4. The number of ether oxygens (including phenoxy) is 1. The zero-order chi connectivity index (χ0) is 15.1. The van der Waals surface area contributed by atoms with E-state index in [1.165, 1.54) is 5.56 Å². The van der Waals surface area contributed by atoms with Crippen LogP contribution in [-0.4, -0.2) is 68.6 Å². The fourth-order valence-corrected chi connectivity index (χ4v) is 2.31. The smallest absolute Gasteiger partial charge is 0.236 e. The number of amides is 1. The van der Waals surface area contributed by atoms with Crippen LogP contribution in [0, 0.1) is 6.92 Å². The Kier molecular flexibility index (Phi) is 6.02. The van der Waals surface area contributed by atoms with E-state index in [0.29, 0.717) is 19.7 Å². The average Bonchev–Trinajstić information content (AvgIpc) is 2.47. The van der Waals surface area contributed by atoms with Gasteiger partial charge in [0.2, 0.25) is 5.91 Å². The minimum Gasteiger partial charge on any atom is -0.492 e. The van der Waals surface area contributed by atoms with Crippen LogP contribution in [0.15, 0.2) is 24.3 Å². The Balaban J connectivity index is 1.58. The summed E-state index contributed by atoms with van der Waals surface area (Å²) in [5.74, 6) is 1.06. The summed E-state index contributed by atoms with van der Waals surface area (Å²) in [7, 11) is 2.09. The second-order valence-corrected chi connectivity index (χ2v) is 5.53. The quantitative estimate of drug-likeness (QED) is 0.785. The van der Waals surface area contributed by atoms with Gasteiger partial charge in [0.25, 0.3) is 0 Å². The first-order valence-electron chi connectivity index (χ1n) is 7.51. The maximum Gasteiger partial charge on any atom is 0.236 e. The zero-order valence-electron chi connectivity index (χ0n) is 13.0. The first-order valence-corrected chi connectivity index (χ1v) is 7.51. The standard InChI is InChI=1S/C16H25N3O2/c1-14-4-3-5-15(12-14)21-11-6-17-13-16(20)19-9-7-18(2)8-10-19/h3-5,12,17H,6-11,13H2,1-2H3. The largest absolute Gasteiger partial charge is 0.492 e. The van der Waals surface area contributed by atoms with Crippen molar-refractivity contribution in [2.24, 2.45) is 0 Å². The van der Waals surface area contributed by atoms with Crippen LogP contribution in [-0.2, 0) is 4.79 Å². The lowest BCUT2D eigenvalue weighted by atomic mass is 10.2. The molecule has 1 aromatic carbocycles. The number of benzene rings is 1. The van der Waals surface area contributed by atoms with Gasteiger partial charge >= 0.3 is 0 Å². The second-order valence-electron chi connectivity index (χ2n) is 5.53. The molecule has 116 valence electrons. The summed E-state index contributed by atoms with van der Waals surface area (Å²) in [6.45, 7) is 7.26. The number of aryl methyl sites for hydroxylation is 1. The van der Waals surface area contributed by atoms with Crippen LogP contribution >= 0.6 is 0 Å². The third-order valence-electron chi connectivity index (χ3n) is 3.67. The molecule has 1 fully saturated rings. The molecule has 1 amide bonds. The van der Waals surface area contributed by atoms with Gasteiger partial charge in [0, 0.05) is 32.7 Å². The molecule has 5 heteroatoms. The number of hydrogen-bond donors (Lipinski definition) is 1. The molecule has 0 aromatic heterocycles. The van der Waals surface area contributed by atoms with E-state index < -0.39 is 0 Å². The molecule has 1 aliphatic heterocycles. The summed E-state index contributed by atoms with van der Waals surface area (Å²) in [6, 6.07) is 7.98. The van der Waals surface area contributed by atoms with E-state index in [-0.39, 0.29) is 5.91 Å². The molecule has 0 radical (unpaired) electrons. The summed E-state index contributed by atoms with van der Waals surface area (Å²) >= 11 is 0. The number of nitrogens with zero attached hydrogens (tertiary/aromatic N) is 2. The van der Waals surface area contributed by atoms with E-state index in [0.717, 1.165) is 31.9 Å². The monoisotopic (exact) mass is 291 g/mol. The molecule has 1 aromatic rings. The Morgan fingerprint density at radius 2 is 2.05 bits per heavy atom. The number of piperazine rings is 1. The highest BCUT2D eigenvalue weighted by molar-refractivity contribution is 5.78. The lowest BCUT2D eigenvalue weighted by Crippen LogP contribution is -2.49. The average molecular weight is 291 g/mol. The van der Waals surface area contributed by atoms with Crippen LogP contribution in [0.2, 0.25) is 0 Å². The highest BCUT2D eigenvalue weighted by Gasteiger charge is 2.18. The van der Waals surface area contributed by atoms with Crippen LogP contribution in [0.1, 0.15) is 5.56 Å². The van der Waals surface area contributed by atoms with Crippen molar-refractivity contribution in [3.63, 3.8) is 0 Å². The molecule has 1 N–H and O–H groups in total. The van der Waals surface area contributed by atoms with Crippen LogP contribution in [0.25, 0.3) is 0 Å². The van der Waals surface area contributed by atoms with Gasteiger partial charge in [0.15, 0.2) is 0 Å². The number of rotatable bonds is 6. The van der Waals surface area contributed by atoms with Crippen molar-refractivity contribution in [3.8, 4) is 5.75 Å². The molecule has 1 aliphatic rings. The number of nitrogens with one attached hydrogen (secondary N) is 1. The minimum absolute atomic E-state index is 0.179. The summed E-state index contributed by atoms with van der Waals surface area (Å²) in [6.07, 6.45) is 0. The van der Waals surface area contributed by atoms with Gasteiger partial charge in [-0.1, -0.05) is 12.1 Å². The van der Waals surface area contributed by atoms with Crippen LogP contribution in [0.4, 0.5) is 0 Å². The molecule has 0 aliphatic carbocycles. The molecule has 5 nitrogen and oxygen atoms in total. The highest BCUT2D eigenvalue weighted by atomic mass is 16.5. The van der Waals surface area contributed by atoms with Gasteiger partial charge in [-0.25, -0.2) is 0 Å². The van der Waals surface area contributed by atoms with Crippen molar-refractivity contribution in [2.45, 2.75) is 6.92 Å². The Bertz CT molecular complexity index is 457. The summed E-state index contributed by atoms with van der Waals surface area (Å²) in [5, 5.41) is 3.15. The van der Waals surface area contributed by atoms with Gasteiger partial charge < -0.3 is 19.9 Å². The van der Waals surface area contributed by atoms with Crippen molar-refractivity contribution in [2.75, 3.05) is 52.9 Å². The molecular formula is C16H25N3O2. The molecule has 0 spiro atoms. The Morgan fingerprint density at radius 1 is 1.29 bits per heavy atom. The van der Waals surface area contributed by atoms with E-state index in [1.807, 2.05) is 36.1 Å². The molecule has 0 unspecified atom stereocenters. The van der Waals surface area contributed by atoms with Gasteiger partial charge in [-0.3, -0.25) is 4.79 Å². The molecule has 2 rings (SSSR count). The van der Waals surface area contributed by atoms with E-state index in [4.69, 9.17) is 4.74 Å². The van der Waals surface area contributed by atoms with Gasteiger partial charge in [-0.2, -0.15) is 0 Å².